The number of carbonyl (C=O) groups is 2. The minimum Gasteiger partial charge on any atom is -0.505 e. The van der Waals surface area contributed by atoms with Gasteiger partial charge in [-0.3, -0.25) is 4.79 Å². The predicted octanol–water partition coefficient (Wildman–Crippen LogP) is 2.32. The van der Waals surface area contributed by atoms with Gasteiger partial charge in [0.2, 0.25) is 5.91 Å². The maximum absolute atomic E-state index is 11.9. The Hall–Kier alpha value is -2.76. The Balaban J connectivity index is 2.56. The lowest BCUT2D eigenvalue weighted by Gasteiger charge is -2.13. The van der Waals surface area contributed by atoms with Crippen LogP contribution >= 0.6 is 0 Å². The molecule has 1 aromatic carbocycles. The van der Waals surface area contributed by atoms with E-state index in [4.69, 9.17) is 4.74 Å². The zero-order chi connectivity index (χ0) is 15.4. The maximum Gasteiger partial charge on any atom is 0.342 e. The first kappa shape index (κ1) is 14.6. The van der Waals surface area contributed by atoms with Gasteiger partial charge in [-0.1, -0.05) is 0 Å². The van der Waals surface area contributed by atoms with Crippen molar-refractivity contribution in [3.8, 4) is 11.4 Å². The molecule has 0 atom stereocenters. The normalized spacial score (nSPS) is 10.2. The van der Waals surface area contributed by atoms with Gasteiger partial charge in [0.05, 0.1) is 12.3 Å². The van der Waals surface area contributed by atoms with Crippen LogP contribution in [0.1, 0.15) is 24.2 Å². The topological polar surface area (TPSA) is 80.6 Å². The van der Waals surface area contributed by atoms with Gasteiger partial charge in [0.15, 0.2) is 5.75 Å². The molecule has 0 spiro atoms. The van der Waals surface area contributed by atoms with E-state index in [2.05, 4.69) is 5.32 Å². The summed E-state index contributed by atoms with van der Waals surface area (Å²) in [5, 5.41) is 12.9. The Bertz CT molecular complexity index is 663. The number of ether oxygens (including phenoxy) is 1. The smallest absolute Gasteiger partial charge is 0.342 e. The summed E-state index contributed by atoms with van der Waals surface area (Å²) in [5.74, 6) is -1.11. The van der Waals surface area contributed by atoms with Crippen LogP contribution in [0.25, 0.3) is 5.69 Å². The quantitative estimate of drug-likeness (QED) is 0.668. The SMILES string of the molecule is CCOC(=O)c1cc(NC(C)=O)cc(-n2cccc2)c1O. The summed E-state index contributed by atoms with van der Waals surface area (Å²) < 4.78 is 6.56. The maximum atomic E-state index is 11.9. The summed E-state index contributed by atoms with van der Waals surface area (Å²) in [5.41, 5.74) is 0.799. The van der Waals surface area contributed by atoms with E-state index in [0.717, 1.165) is 0 Å². The molecule has 0 unspecified atom stereocenters. The molecular weight excluding hydrogens is 272 g/mol. The van der Waals surface area contributed by atoms with Crippen LogP contribution in [0.5, 0.6) is 5.75 Å². The molecule has 0 bridgehead atoms. The fourth-order valence-electron chi connectivity index (χ4n) is 1.95. The molecule has 0 saturated carbocycles. The van der Waals surface area contributed by atoms with Crippen LogP contribution in [-0.2, 0) is 9.53 Å². The molecule has 2 aromatic rings. The Morgan fingerprint density at radius 3 is 2.52 bits per heavy atom. The number of phenols is 1. The number of amides is 1. The lowest BCUT2D eigenvalue weighted by Crippen LogP contribution is -2.10. The van der Waals surface area contributed by atoms with Gasteiger partial charge < -0.3 is 19.7 Å². The number of hydrogen-bond acceptors (Lipinski definition) is 4. The third-order valence-corrected chi connectivity index (χ3v) is 2.79. The largest absolute Gasteiger partial charge is 0.505 e. The number of aromatic nitrogens is 1. The van der Waals surface area contributed by atoms with Gasteiger partial charge in [-0.2, -0.15) is 0 Å². The fourth-order valence-corrected chi connectivity index (χ4v) is 1.95. The second kappa shape index (κ2) is 6.13. The minimum atomic E-state index is -0.643. The van der Waals surface area contributed by atoms with E-state index in [1.54, 1.807) is 42.1 Å². The Morgan fingerprint density at radius 2 is 1.95 bits per heavy atom. The van der Waals surface area contributed by atoms with Crippen molar-refractivity contribution in [1.82, 2.24) is 4.57 Å². The second-order valence-electron chi connectivity index (χ2n) is 4.38. The molecule has 1 amide bonds. The van der Waals surface area contributed by atoms with Crippen LogP contribution < -0.4 is 5.32 Å². The van der Waals surface area contributed by atoms with Crippen molar-refractivity contribution in [2.24, 2.45) is 0 Å². The molecule has 2 rings (SSSR count). The summed E-state index contributed by atoms with van der Waals surface area (Å²) in [6.07, 6.45) is 3.45. The Labute approximate surface area is 122 Å². The lowest BCUT2D eigenvalue weighted by molar-refractivity contribution is -0.114. The number of anilines is 1. The first-order chi connectivity index (χ1) is 10.0. The number of benzene rings is 1. The van der Waals surface area contributed by atoms with Crippen LogP contribution in [0.2, 0.25) is 0 Å². The summed E-state index contributed by atoms with van der Waals surface area (Å²) >= 11 is 0. The molecule has 0 saturated heterocycles. The van der Waals surface area contributed by atoms with Gasteiger partial charge in [0.1, 0.15) is 5.56 Å². The van der Waals surface area contributed by atoms with Gasteiger partial charge in [0.25, 0.3) is 0 Å². The van der Waals surface area contributed by atoms with Crippen molar-refractivity contribution in [3.05, 3.63) is 42.2 Å². The van der Waals surface area contributed by atoms with Crippen molar-refractivity contribution in [2.75, 3.05) is 11.9 Å². The highest BCUT2D eigenvalue weighted by Gasteiger charge is 2.18. The Morgan fingerprint density at radius 1 is 1.29 bits per heavy atom. The molecule has 6 heteroatoms. The van der Waals surface area contributed by atoms with Gasteiger partial charge in [0, 0.05) is 25.0 Å². The third kappa shape index (κ3) is 3.22. The summed E-state index contributed by atoms with van der Waals surface area (Å²) in [7, 11) is 0. The molecule has 2 N–H and O–H groups in total. The predicted molar refractivity (Wildman–Crippen MR) is 77.7 cm³/mol. The third-order valence-electron chi connectivity index (χ3n) is 2.79. The molecule has 6 nitrogen and oxygen atoms in total. The summed E-state index contributed by atoms with van der Waals surface area (Å²) in [6.45, 7) is 3.24. The monoisotopic (exact) mass is 288 g/mol. The highest BCUT2D eigenvalue weighted by atomic mass is 16.5. The number of nitrogens with zero attached hydrogens (tertiary/aromatic N) is 1. The van der Waals surface area contributed by atoms with Crippen molar-refractivity contribution in [3.63, 3.8) is 0 Å². The number of hydrogen-bond donors (Lipinski definition) is 2. The molecule has 1 heterocycles. The minimum absolute atomic E-state index is 0.00630. The molecule has 0 fully saturated rings. The van der Waals surface area contributed by atoms with Crippen LogP contribution in [0.3, 0.4) is 0 Å². The van der Waals surface area contributed by atoms with E-state index in [1.807, 2.05) is 0 Å². The first-order valence-electron chi connectivity index (χ1n) is 6.48. The number of aromatic hydroxyl groups is 1. The van der Waals surface area contributed by atoms with E-state index >= 15 is 0 Å². The van der Waals surface area contributed by atoms with Crippen molar-refractivity contribution >= 4 is 17.6 Å². The van der Waals surface area contributed by atoms with Gasteiger partial charge in [-0.15, -0.1) is 0 Å². The lowest BCUT2D eigenvalue weighted by atomic mass is 10.1. The highest BCUT2D eigenvalue weighted by molar-refractivity contribution is 5.97. The Kier molecular flexibility index (Phi) is 4.27. The fraction of sp³-hybridized carbons (Fsp3) is 0.200. The molecule has 0 aliphatic rings. The number of esters is 1. The highest BCUT2D eigenvalue weighted by Crippen LogP contribution is 2.31. The molecule has 21 heavy (non-hydrogen) atoms. The van der Waals surface area contributed by atoms with Crippen molar-refractivity contribution in [2.45, 2.75) is 13.8 Å². The molecule has 0 radical (unpaired) electrons. The van der Waals surface area contributed by atoms with E-state index < -0.39 is 5.97 Å². The van der Waals surface area contributed by atoms with Gasteiger partial charge in [-0.05, 0) is 31.2 Å². The molecule has 1 aromatic heterocycles. The number of phenolic OH excluding ortho intramolecular Hbond substituents is 1. The van der Waals surface area contributed by atoms with Crippen molar-refractivity contribution < 1.29 is 19.4 Å². The van der Waals surface area contributed by atoms with Gasteiger partial charge in [-0.25, -0.2) is 4.79 Å². The van der Waals surface area contributed by atoms with Crippen molar-refractivity contribution in [1.29, 1.82) is 0 Å². The second-order valence-corrected chi connectivity index (χ2v) is 4.38. The average Bonchev–Trinajstić information content (AvgIpc) is 2.94. The number of rotatable bonds is 4. The van der Waals surface area contributed by atoms with Crippen LogP contribution in [-0.4, -0.2) is 28.2 Å². The van der Waals surface area contributed by atoms with E-state index in [-0.39, 0.29) is 23.8 Å². The zero-order valence-electron chi connectivity index (χ0n) is 11.8. The number of nitrogens with one attached hydrogen (secondary N) is 1. The molecule has 0 aliphatic heterocycles. The summed E-state index contributed by atoms with van der Waals surface area (Å²) in [6, 6.07) is 6.55. The van der Waals surface area contributed by atoms with E-state index in [9.17, 15) is 14.7 Å². The molecule has 110 valence electrons. The summed E-state index contributed by atoms with van der Waals surface area (Å²) in [4.78, 5) is 23.1. The van der Waals surface area contributed by atoms with Gasteiger partial charge >= 0.3 is 5.97 Å². The van der Waals surface area contributed by atoms with Crippen LogP contribution in [0.15, 0.2) is 36.7 Å². The standard InChI is InChI=1S/C15H16N2O4/c1-3-21-15(20)12-8-11(16-10(2)18)9-13(14(12)19)17-6-4-5-7-17/h4-9,19H,3H2,1-2H3,(H,16,18). The molecular formula is C15H16N2O4. The van der Waals surface area contributed by atoms with E-state index in [1.165, 1.54) is 13.0 Å². The van der Waals surface area contributed by atoms with Crippen LogP contribution in [0, 0.1) is 0 Å². The average molecular weight is 288 g/mol. The van der Waals surface area contributed by atoms with E-state index in [0.29, 0.717) is 11.4 Å². The zero-order valence-corrected chi connectivity index (χ0v) is 11.8. The first-order valence-corrected chi connectivity index (χ1v) is 6.48. The molecule has 0 aliphatic carbocycles. The van der Waals surface area contributed by atoms with Crippen LogP contribution in [0.4, 0.5) is 5.69 Å². The number of carbonyl (C=O) groups excluding carboxylic acids is 2.